The summed E-state index contributed by atoms with van der Waals surface area (Å²) in [7, 11) is 0. The van der Waals surface area contributed by atoms with Crippen LogP contribution in [-0.4, -0.2) is 6.10 Å². The van der Waals surface area contributed by atoms with Crippen LogP contribution in [0.4, 0.5) is 0 Å². The summed E-state index contributed by atoms with van der Waals surface area (Å²) in [6.07, 6.45) is 1.74. The zero-order chi connectivity index (χ0) is 9.26. The molecule has 0 spiro atoms. The van der Waals surface area contributed by atoms with Crippen molar-refractivity contribution in [3.63, 3.8) is 0 Å². The van der Waals surface area contributed by atoms with Gasteiger partial charge in [0.2, 0.25) is 0 Å². The van der Waals surface area contributed by atoms with Crippen LogP contribution in [0.2, 0.25) is 0 Å². The Balaban J connectivity index is 2.30. The highest BCUT2D eigenvalue weighted by Crippen LogP contribution is 2.29. The summed E-state index contributed by atoms with van der Waals surface area (Å²) in [5.74, 6) is 0.959. The van der Waals surface area contributed by atoms with E-state index in [1.54, 1.807) is 0 Å². The van der Waals surface area contributed by atoms with Gasteiger partial charge in [-0.05, 0) is 24.1 Å². The lowest BCUT2D eigenvalue weighted by molar-refractivity contribution is 0.254. The molecule has 0 aliphatic carbocycles. The first-order valence-electron chi connectivity index (χ1n) is 4.45. The molecule has 2 nitrogen and oxygen atoms in total. The number of fused-ring (bicyclic) bond motifs is 1. The number of rotatable bonds is 1. The molecular weight excluding hydrogens is 162 g/mol. The Labute approximate surface area is 77.8 Å². The zero-order valence-electron chi connectivity index (χ0n) is 7.58. The second-order valence-electron chi connectivity index (χ2n) is 3.41. The fraction of sp³-hybridized carbons (Fsp3) is 0.364. The number of ether oxygens (including phenoxy) is 1. The van der Waals surface area contributed by atoms with Crippen LogP contribution < -0.4 is 4.74 Å². The van der Waals surface area contributed by atoms with Crippen molar-refractivity contribution >= 4 is 0 Å². The predicted octanol–water partition coefficient (Wildman–Crippen LogP) is 2.08. The number of nitriles is 1. The zero-order valence-corrected chi connectivity index (χ0v) is 7.58. The quantitative estimate of drug-likeness (QED) is 0.651. The summed E-state index contributed by atoms with van der Waals surface area (Å²) in [6, 6.07) is 8.17. The first-order chi connectivity index (χ1) is 6.29. The Morgan fingerprint density at radius 3 is 3.23 bits per heavy atom. The van der Waals surface area contributed by atoms with Crippen LogP contribution in [0.25, 0.3) is 0 Å². The van der Waals surface area contributed by atoms with Crippen molar-refractivity contribution in [1.82, 2.24) is 0 Å². The number of hydrogen-bond donors (Lipinski definition) is 0. The van der Waals surface area contributed by atoms with Gasteiger partial charge >= 0.3 is 0 Å². The molecule has 1 aromatic carbocycles. The molecule has 0 N–H and O–H groups in total. The van der Waals surface area contributed by atoms with E-state index in [0.29, 0.717) is 6.42 Å². The molecule has 2 heteroatoms. The Morgan fingerprint density at radius 2 is 2.46 bits per heavy atom. The van der Waals surface area contributed by atoms with Gasteiger partial charge in [-0.25, -0.2) is 0 Å². The molecule has 1 atom stereocenters. The normalized spacial score (nSPS) is 18.9. The molecule has 0 saturated heterocycles. The van der Waals surface area contributed by atoms with Gasteiger partial charge in [0.15, 0.2) is 0 Å². The summed E-state index contributed by atoms with van der Waals surface area (Å²) in [5, 5.41) is 8.53. The van der Waals surface area contributed by atoms with Crippen molar-refractivity contribution in [2.24, 2.45) is 0 Å². The molecule has 13 heavy (non-hydrogen) atoms. The van der Waals surface area contributed by atoms with Crippen LogP contribution in [-0.2, 0) is 12.8 Å². The van der Waals surface area contributed by atoms with E-state index in [1.807, 2.05) is 12.1 Å². The average Bonchev–Trinajstić information content (AvgIpc) is 2.44. The standard InChI is InChI=1S/C11H11NO/c1-8-6-10-3-2-9(4-5-12)7-11(10)13-8/h2-3,7-8H,4,6H2,1H3. The van der Waals surface area contributed by atoms with E-state index in [9.17, 15) is 0 Å². The average molecular weight is 173 g/mol. The van der Waals surface area contributed by atoms with Crippen molar-refractivity contribution in [2.45, 2.75) is 25.9 Å². The van der Waals surface area contributed by atoms with Crippen LogP contribution >= 0.6 is 0 Å². The van der Waals surface area contributed by atoms with Crippen molar-refractivity contribution < 1.29 is 4.74 Å². The highest BCUT2D eigenvalue weighted by molar-refractivity contribution is 5.41. The van der Waals surface area contributed by atoms with E-state index >= 15 is 0 Å². The third-order valence-corrected chi connectivity index (χ3v) is 2.25. The van der Waals surface area contributed by atoms with Crippen LogP contribution in [0.1, 0.15) is 18.1 Å². The third-order valence-electron chi connectivity index (χ3n) is 2.25. The van der Waals surface area contributed by atoms with Gasteiger partial charge < -0.3 is 4.74 Å². The summed E-state index contributed by atoms with van der Waals surface area (Å²) in [5.41, 5.74) is 2.30. The minimum Gasteiger partial charge on any atom is -0.490 e. The van der Waals surface area contributed by atoms with E-state index in [1.165, 1.54) is 5.56 Å². The third kappa shape index (κ3) is 1.50. The maximum atomic E-state index is 8.53. The minimum atomic E-state index is 0.285. The van der Waals surface area contributed by atoms with Gasteiger partial charge in [-0.15, -0.1) is 0 Å². The lowest BCUT2D eigenvalue weighted by atomic mass is 10.1. The molecule has 2 rings (SSSR count). The highest BCUT2D eigenvalue weighted by atomic mass is 16.5. The van der Waals surface area contributed by atoms with Gasteiger partial charge in [0.1, 0.15) is 11.9 Å². The molecular formula is C11H11NO. The molecule has 0 saturated carbocycles. The van der Waals surface area contributed by atoms with Gasteiger partial charge in [0, 0.05) is 6.42 Å². The second kappa shape index (κ2) is 3.10. The van der Waals surface area contributed by atoms with Crippen molar-refractivity contribution in [2.75, 3.05) is 0 Å². The predicted molar refractivity (Wildman–Crippen MR) is 49.6 cm³/mol. The SMILES string of the molecule is CC1Cc2ccc(CC#N)cc2O1. The van der Waals surface area contributed by atoms with Crippen molar-refractivity contribution in [1.29, 1.82) is 5.26 Å². The lowest BCUT2D eigenvalue weighted by Crippen LogP contribution is -2.05. The van der Waals surface area contributed by atoms with Gasteiger partial charge in [-0.2, -0.15) is 5.26 Å². The molecule has 0 aromatic heterocycles. The van der Waals surface area contributed by atoms with Gasteiger partial charge in [0.05, 0.1) is 12.5 Å². The van der Waals surface area contributed by atoms with Crippen LogP contribution in [0.15, 0.2) is 18.2 Å². The maximum Gasteiger partial charge on any atom is 0.123 e. The lowest BCUT2D eigenvalue weighted by Gasteiger charge is -2.02. The van der Waals surface area contributed by atoms with Crippen molar-refractivity contribution in [3.8, 4) is 11.8 Å². The maximum absolute atomic E-state index is 8.53. The fourth-order valence-electron chi connectivity index (χ4n) is 1.65. The topological polar surface area (TPSA) is 33.0 Å². The molecule has 1 aliphatic heterocycles. The van der Waals surface area contributed by atoms with E-state index in [-0.39, 0.29) is 6.10 Å². The first kappa shape index (κ1) is 8.12. The number of hydrogen-bond acceptors (Lipinski definition) is 2. The van der Waals surface area contributed by atoms with Crippen LogP contribution in [0, 0.1) is 11.3 Å². The second-order valence-corrected chi connectivity index (χ2v) is 3.41. The molecule has 0 amide bonds. The largest absolute Gasteiger partial charge is 0.490 e. The van der Waals surface area contributed by atoms with Gasteiger partial charge in [-0.1, -0.05) is 12.1 Å². The van der Waals surface area contributed by atoms with Crippen molar-refractivity contribution in [3.05, 3.63) is 29.3 Å². The van der Waals surface area contributed by atoms with Gasteiger partial charge in [-0.3, -0.25) is 0 Å². The summed E-state index contributed by atoms with van der Waals surface area (Å²) < 4.78 is 5.58. The molecule has 1 aliphatic rings. The Hall–Kier alpha value is -1.49. The summed E-state index contributed by atoms with van der Waals surface area (Å²) in [4.78, 5) is 0. The van der Waals surface area contributed by atoms with Crippen LogP contribution in [0.3, 0.4) is 0 Å². The highest BCUT2D eigenvalue weighted by Gasteiger charge is 2.18. The summed E-state index contributed by atoms with van der Waals surface area (Å²) in [6.45, 7) is 2.06. The van der Waals surface area contributed by atoms with E-state index in [0.717, 1.165) is 17.7 Å². The molecule has 0 radical (unpaired) electrons. The van der Waals surface area contributed by atoms with E-state index in [2.05, 4.69) is 19.1 Å². The van der Waals surface area contributed by atoms with E-state index < -0.39 is 0 Å². The number of nitrogens with zero attached hydrogens (tertiary/aromatic N) is 1. The molecule has 1 aromatic rings. The monoisotopic (exact) mass is 173 g/mol. The Kier molecular flexibility index (Phi) is 1.94. The fourth-order valence-corrected chi connectivity index (χ4v) is 1.65. The summed E-state index contributed by atoms with van der Waals surface area (Å²) >= 11 is 0. The Bertz CT molecular complexity index is 365. The first-order valence-corrected chi connectivity index (χ1v) is 4.45. The molecule has 1 heterocycles. The molecule has 1 unspecified atom stereocenters. The molecule has 0 bridgehead atoms. The number of benzene rings is 1. The molecule has 0 fully saturated rings. The van der Waals surface area contributed by atoms with Crippen LogP contribution in [0.5, 0.6) is 5.75 Å². The smallest absolute Gasteiger partial charge is 0.123 e. The van der Waals surface area contributed by atoms with Gasteiger partial charge in [0.25, 0.3) is 0 Å². The Morgan fingerprint density at radius 1 is 1.62 bits per heavy atom. The van der Waals surface area contributed by atoms with E-state index in [4.69, 9.17) is 10.00 Å². The molecule has 66 valence electrons. The minimum absolute atomic E-state index is 0.285.